The topological polar surface area (TPSA) is 81.7 Å². The number of carboxylic acid groups (broad SMARTS) is 1. The standard InChI is InChI=1S/C15H20ClN3O3/c16-11-3-1-4-13(9-11)19-8-6-12(10-19)18-15(22)17-7-2-5-14(20)21/h1,3-4,9,12H,2,5-8,10H2,(H,20,21)(H2,17,18,22). The molecule has 0 aromatic heterocycles. The Morgan fingerprint density at radius 3 is 2.95 bits per heavy atom. The van der Waals surface area contributed by atoms with Gasteiger partial charge < -0.3 is 20.6 Å². The van der Waals surface area contributed by atoms with Crippen LogP contribution in [0, 0.1) is 0 Å². The third-order valence-corrected chi connectivity index (χ3v) is 3.78. The highest BCUT2D eigenvalue weighted by Crippen LogP contribution is 2.23. The van der Waals surface area contributed by atoms with Crippen LogP contribution in [0.3, 0.4) is 0 Å². The van der Waals surface area contributed by atoms with Crippen molar-refractivity contribution in [1.82, 2.24) is 10.6 Å². The van der Waals surface area contributed by atoms with Gasteiger partial charge in [0.05, 0.1) is 0 Å². The molecule has 1 unspecified atom stereocenters. The van der Waals surface area contributed by atoms with E-state index in [1.165, 1.54) is 0 Å². The number of carboxylic acids is 1. The summed E-state index contributed by atoms with van der Waals surface area (Å²) in [7, 11) is 0. The van der Waals surface area contributed by atoms with E-state index in [9.17, 15) is 9.59 Å². The average molecular weight is 326 g/mol. The van der Waals surface area contributed by atoms with Crippen LogP contribution in [0.25, 0.3) is 0 Å². The van der Waals surface area contributed by atoms with Crippen molar-refractivity contribution in [2.45, 2.75) is 25.3 Å². The highest BCUT2D eigenvalue weighted by molar-refractivity contribution is 6.30. The highest BCUT2D eigenvalue weighted by Gasteiger charge is 2.24. The quantitative estimate of drug-likeness (QED) is 0.699. The molecule has 1 heterocycles. The molecule has 0 spiro atoms. The van der Waals surface area contributed by atoms with E-state index < -0.39 is 5.97 Å². The molecule has 2 amide bonds. The zero-order valence-corrected chi connectivity index (χ0v) is 13.0. The first-order valence-electron chi connectivity index (χ1n) is 7.31. The van der Waals surface area contributed by atoms with Gasteiger partial charge in [-0.05, 0) is 31.0 Å². The Morgan fingerprint density at radius 2 is 2.23 bits per heavy atom. The normalized spacial score (nSPS) is 17.3. The number of amides is 2. The molecular weight excluding hydrogens is 306 g/mol. The molecule has 0 aliphatic carbocycles. The lowest BCUT2D eigenvalue weighted by Crippen LogP contribution is -2.43. The Hall–Kier alpha value is -1.95. The SMILES string of the molecule is O=C(O)CCCNC(=O)NC1CCN(c2cccc(Cl)c2)C1. The number of aliphatic carboxylic acids is 1. The number of carbonyl (C=O) groups is 2. The van der Waals surface area contributed by atoms with Gasteiger partial charge in [-0.15, -0.1) is 0 Å². The second-order valence-corrected chi connectivity index (χ2v) is 5.75. The van der Waals surface area contributed by atoms with Crippen molar-refractivity contribution in [1.29, 1.82) is 0 Å². The van der Waals surface area contributed by atoms with E-state index in [0.29, 0.717) is 18.0 Å². The average Bonchev–Trinajstić information content (AvgIpc) is 2.92. The van der Waals surface area contributed by atoms with E-state index in [1.807, 2.05) is 24.3 Å². The molecule has 1 fully saturated rings. The van der Waals surface area contributed by atoms with Crippen LogP contribution in [0.2, 0.25) is 5.02 Å². The maximum atomic E-state index is 11.7. The number of nitrogens with zero attached hydrogens (tertiary/aromatic N) is 1. The summed E-state index contributed by atoms with van der Waals surface area (Å²) in [6.07, 6.45) is 1.36. The Morgan fingerprint density at radius 1 is 1.41 bits per heavy atom. The number of hydrogen-bond acceptors (Lipinski definition) is 3. The van der Waals surface area contributed by atoms with Crippen molar-refractivity contribution in [2.75, 3.05) is 24.5 Å². The Bertz CT molecular complexity index is 539. The number of hydrogen-bond donors (Lipinski definition) is 3. The number of halogens is 1. The van der Waals surface area contributed by atoms with Crippen molar-refractivity contribution in [3.8, 4) is 0 Å². The van der Waals surface area contributed by atoms with Gasteiger partial charge in [0, 0.05) is 42.8 Å². The molecule has 1 aromatic carbocycles. The van der Waals surface area contributed by atoms with Crippen molar-refractivity contribution in [3.05, 3.63) is 29.3 Å². The van der Waals surface area contributed by atoms with Crippen molar-refractivity contribution >= 4 is 29.3 Å². The predicted molar refractivity (Wildman–Crippen MR) is 85.5 cm³/mol. The molecule has 1 aliphatic heterocycles. The molecule has 0 bridgehead atoms. The minimum atomic E-state index is -0.852. The summed E-state index contributed by atoms with van der Waals surface area (Å²) < 4.78 is 0. The van der Waals surface area contributed by atoms with Crippen molar-refractivity contribution < 1.29 is 14.7 Å². The zero-order chi connectivity index (χ0) is 15.9. The van der Waals surface area contributed by atoms with E-state index in [-0.39, 0.29) is 18.5 Å². The summed E-state index contributed by atoms with van der Waals surface area (Å²) >= 11 is 5.99. The van der Waals surface area contributed by atoms with Gasteiger partial charge in [-0.2, -0.15) is 0 Å². The van der Waals surface area contributed by atoms with Crippen LogP contribution in [0.4, 0.5) is 10.5 Å². The molecule has 7 heteroatoms. The van der Waals surface area contributed by atoms with E-state index in [0.717, 1.165) is 25.2 Å². The molecule has 22 heavy (non-hydrogen) atoms. The van der Waals surface area contributed by atoms with Crippen molar-refractivity contribution in [3.63, 3.8) is 0 Å². The van der Waals surface area contributed by atoms with E-state index in [2.05, 4.69) is 15.5 Å². The second-order valence-electron chi connectivity index (χ2n) is 5.31. The van der Waals surface area contributed by atoms with Gasteiger partial charge in [0.1, 0.15) is 0 Å². The lowest BCUT2D eigenvalue weighted by molar-refractivity contribution is -0.137. The van der Waals surface area contributed by atoms with Crippen LogP contribution in [0.5, 0.6) is 0 Å². The Balaban J connectivity index is 1.72. The van der Waals surface area contributed by atoms with Crippen LogP contribution >= 0.6 is 11.6 Å². The molecule has 2 rings (SSSR count). The van der Waals surface area contributed by atoms with Gasteiger partial charge in [-0.3, -0.25) is 4.79 Å². The van der Waals surface area contributed by atoms with Gasteiger partial charge >= 0.3 is 12.0 Å². The molecule has 0 saturated carbocycles. The molecule has 1 aromatic rings. The minimum absolute atomic E-state index is 0.0618. The number of nitrogens with one attached hydrogen (secondary N) is 2. The molecule has 0 radical (unpaired) electrons. The van der Waals surface area contributed by atoms with E-state index in [1.54, 1.807) is 0 Å². The fraction of sp³-hybridized carbons (Fsp3) is 0.467. The maximum Gasteiger partial charge on any atom is 0.315 e. The summed E-state index contributed by atoms with van der Waals surface area (Å²) in [6, 6.07) is 7.49. The molecule has 1 aliphatic rings. The van der Waals surface area contributed by atoms with Gasteiger partial charge in [0.2, 0.25) is 0 Å². The number of benzene rings is 1. The zero-order valence-electron chi connectivity index (χ0n) is 12.2. The Labute approximate surface area is 134 Å². The molecule has 3 N–H and O–H groups in total. The minimum Gasteiger partial charge on any atom is -0.481 e. The van der Waals surface area contributed by atoms with Crippen LogP contribution in [0.15, 0.2) is 24.3 Å². The van der Waals surface area contributed by atoms with Gasteiger partial charge in [0.25, 0.3) is 0 Å². The number of carbonyl (C=O) groups excluding carboxylic acids is 1. The fourth-order valence-corrected chi connectivity index (χ4v) is 2.65. The molecule has 1 saturated heterocycles. The Kier molecular flexibility index (Phi) is 5.89. The number of urea groups is 1. The summed E-state index contributed by atoms with van der Waals surface area (Å²) in [4.78, 5) is 24.3. The highest BCUT2D eigenvalue weighted by atomic mass is 35.5. The monoisotopic (exact) mass is 325 g/mol. The van der Waals surface area contributed by atoms with Crippen LogP contribution in [0.1, 0.15) is 19.3 Å². The van der Waals surface area contributed by atoms with E-state index >= 15 is 0 Å². The first-order chi connectivity index (χ1) is 10.5. The third-order valence-electron chi connectivity index (χ3n) is 3.55. The smallest absolute Gasteiger partial charge is 0.315 e. The predicted octanol–water partition coefficient (Wildman–Crippen LogP) is 2.08. The van der Waals surface area contributed by atoms with Gasteiger partial charge in [-0.1, -0.05) is 17.7 Å². The first kappa shape index (κ1) is 16.4. The second kappa shape index (κ2) is 7.89. The summed E-state index contributed by atoms with van der Waals surface area (Å²) in [6.45, 7) is 1.97. The van der Waals surface area contributed by atoms with Crippen LogP contribution < -0.4 is 15.5 Å². The molecule has 1 atom stereocenters. The number of rotatable bonds is 6. The number of anilines is 1. The van der Waals surface area contributed by atoms with Gasteiger partial charge in [0.15, 0.2) is 0 Å². The van der Waals surface area contributed by atoms with Crippen molar-refractivity contribution in [2.24, 2.45) is 0 Å². The maximum absolute atomic E-state index is 11.7. The summed E-state index contributed by atoms with van der Waals surface area (Å²) in [5, 5.41) is 14.8. The molecule has 6 nitrogen and oxygen atoms in total. The summed E-state index contributed by atoms with van der Waals surface area (Å²) in [5.41, 5.74) is 1.05. The van der Waals surface area contributed by atoms with Crippen LogP contribution in [-0.4, -0.2) is 42.8 Å². The van der Waals surface area contributed by atoms with Gasteiger partial charge in [-0.25, -0.2) is 4.79 Å². The summed E-state index contributed by atoms with van der Waals surface area (Å²) in [5.74, 6) is -0.852. The fourth-order valence-electron chi connectivity index (χ4n) is 2.46. The lowest BCUT2D eigenvalue weighted by atomic mass is 10.2. The molecular formula is C15H20ClN3O3. The third kappa shape index (κ3) is 5.11. The van der Waals surface area contributed by atoms with E-state index in [4.69, 9.17) is 16.7 Å². The van der Waals surface area contributed by atoms with Crippen LogP contribution in [-0.2, 0) is 4.79 Å². The lowest BCUT2D eigenvalue weighted by Gasteiger charge is -2.19. The largest absolute Gasteiger partial charge is 0.481 e. The first-order valence-corrected chi connectivity index (χ1v) is 7.69. The molecule has 120 valence electrons.